The van der Waals surface area contributed by atoms with E-state index in [1.54, 1.807) is 0 Å². The average molecular weight is 780 g/mol. The smallest absolute Gasteiger partial charge is 0.306 e. The lowest BCUT2D eigenvalue weighted by Gasteiger charge is -2.28. The number of quaternary nitrogens is 1. The van der Waals surface area contributed by atoms with Crippen LogP contribution in [0.1, 0.15) is 155 Å². The minimum atomic E-state index is -4.63. The van der Waals surface area contributed by atoms with Crippen molar-refractivity contribution in [2.24, 2.45) is 0 Å². The highest BCUT2D eigenvalue weighted by Gasteiger charge is 2.21. The first-order valence-corrected chi connectivity index (χ1v) is 22.5. The quantitative estimate of drug-likeness (QED) is 0.0153. The number of rotatable bonds is 37. The van der Waals surface area contributed by atoms with Gasteiger partial charge in [0.15, 0.2) is 6.10 Å². The second-order valence-electron chi connectivity index (χ2n) is 15.1. The average Bonchev–Trinajstić information content (AvgIpc) is 3.12. The van der Waals surface area contributed by atoms with Gasteiger partial charge in [0.25, 0.3) is 7.82 Å². The molecule has 0 aliphatic carbocycles. The minimum Gasteiger partial charge on any atom is -0.756 e. The summed E-state index contributed by atoms with van der Waals surface area (Å²) in [6.07, 6.45) is 42.4. The van der Waals surface area contributed by atoms with Crippen LogP contribution in [0.15, 0.2) is 60.8 Å². The molecule has 0 rings (SSSR count). The first kappa shape index (κ1) is 51.7. The summed E-state index contributed by atoms with van der Waals surface area (Å²) >= 11 is 0. The maximum Gasteiger partial charge on any atom is 0.306 e. The van der Waals surface area contributed by atoms with Gasteiger partial charge in [0.05, 0.1) is 27.7 Å². The third kappa shape index (κ3) is 39.4. The molecule has 1 unspecified atom stereocenters. The Morgan fingerprint density at radius 1 is 0.593 bits per heavy atom. The molecule has 0 aromatic carbocycles. The Hall–Kier alpha value is -2.29. The molecule has 0 N–H and O–H groups in total. The maximum absolute atomic E-state index is 12.6. The number of carbonyl (C=O) groups is 2. The predicted octanol–water partition coefficient (Wildman–Crippen LogP) is 11.1. The monoisotopic (exact) mass is 780 g/mol. The van der Waals surface area contributed by atoms with Crippen LogP contribution in [0.2, 0.25) is 0 Å². The van der Waals surface area contributed by atoms with Crippen LogP contribution in [0.3, 0.4) is 0 Å². The fourth-order valence-electron chi connectivity index (χ4n) is 5.29. The summed E-state index contributed by atoms with van der Waals surface area (Å²) in [6, 6.07) is 0. The molecule has 54 heavy (non-hydrogen) atoms. The van der Waals surface area contributed by atoms with Crippen LogP contribution in [0.4, 0.5) is 0 Å². The summed E-state index contributed by atoms with van der Waals surface area (Å²) in [5.41, 5.74) is 0. The zero-order chi connectivity index (χ0) is 40.0. The molecule has 0 fully saturated rings. The van der Waals surface area contributed by atoms with Crippen molar-refractivity contribution in [3.05, 3.63) is 60.8 Å². The highest BCUT2D eigenvalue weighted by molar-refractivity contribution is 7.45. The number of phosphoric acid groups is 1. The molecule has 0 aliphatic heterocycles. The van der Waals surface area contributed by atoms with Crippen LogP contribution in [-0.2, 0) is 32.7 Å². The summed E-state index contributed by atoms with van der Waals surface area (Å²) in [6.45, 7) is 4.01. The maximum atomic E-state index is 12.6. The summed E-state index contributed by atoms with van der Waals surface area (Å²) < 4.78 is 33.8. The van der Waals surface area contributed by atoms with Crippen molar-refractivity contribution < 1.29 is 42.1 Å². The number of ether oxygens (including phenoxy) is 2. The van der Waals surface area contributed by atoms with Crippen LogP contribution in [-0.4, -0.2) is 70.0 Å². The van der Waals surface area contributed by atoms with Gasteiger partial charge in [-0.3, -0.25) is 14.2 Å². The number of hydrogen-bond acceptors (Lipinski definition) is 8. The molecular formula is C44H78NO8P. The first-order chi connectivity index (χ1) is 26.0. The molecule has 0 aromatic heterocycles. The fraction of sp³-hybridized carbons (Fsp3) is 0.727. The number of unbranched alkanes of at least 4 members (excludes halogenated alkanes) is 16. The van der Waals surface area contributed by atoms with E-state index < -0.39 is 32.5 Å². The number of esters is 2. The van der Waals surface area contributed by atoms with E-state index in [9.17, 15) is 19.0 Å². The molecule has 2 atom stereocenters. The topological polar surface area (TPSA) is 111 Å². The Balaban J connectivity index is 4.43. The van der Waals surface area contributed by atoms with Crippen molar-refractivity contribution in [3.63, 3.8) is 0 Å². The van der Waals surface area contributed by atoms with E-state index in [0.29, 0.717) is 17.4 Å². The normalized spacial score (nSPS) is 14.3. The van der Waals surface area contributed by atoms with Gasteiger partial charge >= 0.3 is 11.9 Å². The third-order valence-electron chi connectivity index (χ3n) is 8.62. The number of phosphoric ester groups is 1. The van der Waals surface area contributed by atoms with Gasteiger partial charge < -0.3 is 27.9 Å². The molecule has 0 amide bonds. The summed E-state index contributed by atoms with van der Waals surface area (Å²) in [5, 5.41) is 0. The Kier molecular flexibility index (Phi) is 34.8. The van der Waals surface area contributed by atoms with Crippen LogP contribution in [0, 0.1) is 0 Å². The van der Waals surface area contributed by atoms with Gasteiger partial charge in [-0.05, 0) is 51.4 Å². The van der Waals surface area contributed by atoms with E-state index in [1.807, 2.05) is 51.5 Å². The summed E-state index contributed by atoms with van der Waals surface area (Å²) in [7, 11) is 1.14. The molecule has 0 aromatic rings. The highest BCUT2D eigenvalue weighted by atomic mass is 31.2. The van der Waals surface area contributed by atoms with E-state index in [1.165, 1.54) is 64.2 Å². The number of hydrogen-bond donors (Lipinski definition) is 0. The lowest BCUT2D eigenvalue weighted by molar-refractivity contribution is -0.870. The molecule has 312 valence electrons. The van der Waals surface area contributed by atoms with E-state index in [-0.39, 0.29) is 26.1 Å². The minimum absolute atomic E-state index is 0.0388. The van der Waals surface area contributed by atoms with E-state index in [0.717, 1.165) is 57.8 Å². The van der Waals surface area contributed by atoms with Crippen LogP contribution >= 0.6 is 7.82 Å². The fourth-order valence-corrected chi connectivity index (χ4v) is 6.02. The Morgan fingerprint density at radius 2 is 1.07 bits per heavy atom. The largest absolute Gasteiger partial charge is 0.756 e. The van der Waals surface area contributed by atoms with E-state index in [2.05, 4.69) is 44.2 Å². The summed E-state index contributed by atoms with van der Waals surface area (Å²) in [4.78, 5) is 37.5. The molecule has 0 saturated heterocycles. The predicted molar refractivity (Wildman–Crippen MR) is 222 cm³/mol. The second-order valence-corrected chi connectivity index (χ2v) is 16.5. The molecule has 0 bridgehead atoms. The molecule has 9 nitrogen and oxygen atoms in total. The molecule has 0 spiro atoms. The molecule has 0 radical (unpaired) electrons. The molecular weight excluding hydrogens is 701 g/mol. The lowest BCUT2D eigenvalue weighted by atomic mass is 10.1. The number of likely N-dealkylation sites (N-methyl/N-ethyl adjacent to an activating group) is 1. The molecule has 0 heterocycles. The number of carbonyl (C=O) groups excluding carboxylic acids is 2. The van der Waals surface area contributed by atoms with Crippen molar-refractivity contribution in [2.45, 2.75) is 161 Å². The van der Waals surface area contributed by atoms with E-state index in [4.69, 9.17) is 18.5 Å². The SMILES string of the molecule is CC/C=C/C=C/C=C/C=C/CCCCCCCC(=O)O[C@H](COC(=O)CCCCCCCCCCC/C=C/CCCC)COP(=O)([O-])OCC[N+](C)(C)C. The van der Waals surface area contributed by atoms with Crippen molar-refractivity contribution in [1.82, 2.24) is 0 Å². The van der Waals surface area contributed by atoms with Crippen LogP contribution in [0.25, 0.3) is 0 Å². The first-order valence-electron chi connectivity index (χ1n) is 21.0. The van der Waals surface area contributed by atoms with Gasteiger partial charge in [0.1, 0.15) is 19.8 Å². The molecule has 10 heteroatoms. The zero-order valence-electron chi connectivity index (χ0n) is 34.9. The van der Waals surface area contributed by atoms with Gasteiger partial charge in [0.2, 0.25) is 0 Å². The second kappa shape index (κ2) is 36.4. The summed E-state index contributed by atoms with van der Waals surface area (Å²) in [5.74, 6) is -0.869. The van der Waals surface area contributed by atoms with Gasteiger partial charge in [-0.2, -0.15) is 0 Å². The molecule has 0 saturated carbocycles. The molecule has 0 aliphatic rings. The van der Waals surface area contributed by atoms with Gasteiger partial charge in [0, 0.05) is 12.8 Å². The van der Waals surface area contributed by atoms with E-state index >= 15 is 0 Å². The van der Waals surface area contributed by atoms with Gasteiger partial charge in [-0.15, -0.1) is 0 Å². The standard InChI is InChI=1S/C44H78NO8P/c1-6-8-10-12-14-16-18-20-22-24-26-28-30-32-34-36-43(46)50-40-42(41-52-54(48,49)51-39-38-45(3,4)5)53-44(47)37-35-33-31-29-27-25-23-21-19-17-15-13-11-9-7-2/h9,11-15,17,19,21,23,42H,6-8,10,16,18,20,22,24-41H2,1-5H3/b11-9+,14-12+,15-13+,19-17+,23-21+/t42-/m1/s1. The zero-order valence-corrected chi connectivity index (χ0v) is 35.8. The lowest BCUT2D eigenvalue weighted by Crippen LogP contribution is -2.37. The Bertz CT molecular complexity index is 1110. The van der Waals surface area contributed by atoms with Crippen LogP contribution < -0.4 is 4.89 Å². The van der Waals surface area contributed by atoms with Crippen molar-refractivity contribution >= 4 is 19.8 Å². The Morgan fingerprint density at radius 3 is 1.63 bits per heavy atom. The number of allylic oxidation sites excluding steroid dienone is 10. The van der Waals surface area contributed by atoms with Crippen molar-refractivity contribution in [2.75, 3.05) is 47.5 Å². The van der Waals surface area contributed by atoms with Gasteiger partial charge in [-0.1, -0.05) is 152 Å². The Labute approximate surface area is 330 Å². The number of nitrogens with zero attached hydrogens (tertiary/aromatic N) is 1. The highest BCUT2D eigenvalue weighted by Crippen LogP contribution is 2.38. The van der Waals surface area contributed by atoms with Crippen molar-refractivity contribution in [3.8, 4) is 0 Å². The third-order valence-corrected chi connectivity index (χ3v) is 9.58. The van der Waals surface area contributed by atoms with Gasteiger partial charge in [-0.25, -0.2) is 0 Å². The van der Waals surface area contributed by atoms with Crippen molar-refractivity contribution in [1.29, 1.82) is 0 Å². The van der Waals surface area contributed by atoms with Crippen LogP contribution in [0.5, 0.6) is 0 Å².